The second-order valence-corrected chi connectivity index (χ2v) is 27.3. The summed E-state index contributed by atoms with van der Waals surface area (Å²) in [7, 11) is 0. The summed E-state index contributed by atoms with van der Waals surface area (Å²) < 4.78 is 0. The van der Waals surface area contributed by atoms with E-state index in [2.05, 4.69) is 58.5 Å². The molecular formula is C68H114N18O20. The largest absolute Gasteiger partial charge is 0.508 e. The Kier molecular flexibility index (Phi) is 42.2. The van der Waals surface area contributed by atoms with Crippen LogP contribution in [0.15, 0.2) is 24.3 Å². The third kappa shape index (κ3) is 34.1. The lowest BCUT2D eigenvalue weighted by molar-refractivity contribution is -0.143. The van der Waals surface area contributed by atoms with Crippen molar-refractivity contribution in [2.45, 2.75) is 236 Å². The van der Waals surface area contributed by atoms with Crippen LogP contribution in [-0.4, -0.2) is 232 Å². The van der Waals surface area contributed by atoms with Crippen molar-refractivity contribution < 1.29 is 97.1 Å². The number of carboxylic acid groups (broad SMARTS) is 2. The van der Waals surface area contributed by atoms with Gasteiger partial charge in [-0.1, -0.05) is 53.7 Å². The van der Waals surface area contributed by atoms with Gasteiger partial charge in [-0.3, -0.25) is 71.9 Å². The Morgan fingerprint density at radius 1 is 0.481 bits per heavy atom. The zero-order valence-electron chi connectivity index (χ0n) is 61.4. The Morgan fingerprint density at radius 2 is 0.906 bits per heavy atom. The van der Waals surface area contributed by atoms with Crippen LogP contribution in [0, 0.1) is 17.8 Å². The number of phenolic OH excluding ortho intramolecular Hbond substituents is 1. The lowest BCUT2D eigenvalue weighted by Gasteiger charge is -2.33. The summed E-state index contributed by atoms with van der Waals surface area (Å²) in [6, 6.07) is -11.5. The van der Waals surface area contributed by atoms with Gasteiger partial charge in [-0.15, -0.1) is 0 Å². The highest BCUT2D eigenvalue weighted by Gasteiger charge is 2.42. The van der Waals surface area contributed by atoms with Crippen LogP contribution in [0.5, 0.6) is 5.75 Å². The number of aromatic hydroxyl groups is 1. The topological polar surface area (TPSA) is 646 Å². The molecule has 1 fully saturated rings. The van der Waals surface area contributed by atoms with E-state index >= 15 is 0 Å². The van der Waals surface area contributed by atoms with E-state index in [0.717, 1.165) is 0 Å². The lowest BCUT2D eigenvalue weighted by atomic mass is 10.00. The van der Waals surface area contributed by atoms with Gasteiger partial charge in [0.05, 0.1) is 19.2 Å². The number of hydrogen-bond donors (Lipinski definition) is 21. The van der Waals surface area contributed by atoms with Crippen LogP contribution >= 0.6 is 0 Å². The predicted octanol–water partition coefficient (Wildman–Crippen LogP) is -5.56. The Balaban J connectivity index is 2.31. The summed E-state index contributed by atoms with van der Waals surface area (Å²) in [6.45, 7) is 8.69. The average Bonchev–Trinajstić information content (AvgIpc) is 1.62. The molecule has 0 unspecified atom stereocenters. The smallest absolute Gasteiger partial charge is 0.326 e. The highest BCUT2D eigenvalue weighted by molar-refractivity contribution is 6.00. The van der Waals surface area contributed by atoms with E-state index in [1.54, 1.807) is 41.5 Å². The number of amides is 14. The fourth-order valence-electron chi connectivity index (χ4n) is 11.2. The molecule has 1 aromatic rings. The highest BCUT2D eigenvalue weighted by atomic mass is 16.4. The molecule has 14 amide bonds. The number of hydrogen-bond acceptors (Lipinski definition) is 22. The van der Waals surface area contributed by atoms with E-state index in [-0.39, 0.29) is 95.6 Å². The molecule has 1 aliphatic rings. The van der Waals surface area contributed by atoms with Crippen LogP contribution in [0.25, 0.3) is 0 Å². The van der Waals surface area contributed by atoms with Gasteiger partial charge in [-0.05, 0) is 151 Å². The second-order valence-electron chi connectivity index (χ2n) is 27.3. The van der Waals surface area contributed by atoms with Crippen molar-refractivity contribution in [3.63, 3.8) is 0 Å². The first-order valence-corrected chi connectivity index (χ1v) is 35.9. The Morgan fingerprint density at radius 3 is 1.36 bits per heavy atom. The molecule has 1 saturated heterocycles. The van der Waals surface area contributed by atoms with Crippen molar-refractivity contribution >= 4 is 94.6 Å². The Labute approximate surface area is 616 Å². The first kappa shape index (κ1) is 92.4. The zero-order chi connectivity index (χ0) is 79.9. The van der Waals surface area contributed by atoms with Gasteiger partial charge in [0.15, 0.2) is 0 Å². The van der Waals surface area contributed by atoms with Crippen molar-refractivity contribution in [3.05, 3.63) is 29.8 Å². The number of nitrogens with zero attached hydrogens (tertiary/aromatic N) is 1. The van der Waals surface area contributed by atoms with Crippen molar-refractivity contribution in [2.75, 3.05) is 39.3 Å². The van der Waals surface area contributed by atoms with Gasteiger partial charge in [0, 0.05) is 32.2 Å². The normalized spacial score (nSPS) is 15.8. The molecule has 38 nitrogen and oxygen atoms in total. The molecule has 0 aromatic heterocycles. The number of carbonyl (C=O) groups excluding carboxylic acids is 14. The zero-order valence-corrected chi connectivity index (χ0v) is 61.4. The van der Waals surface area contributed by atoms with Crippen LogP contribution < -0.4 is 92.9 Å². The minimum Gasteiger partial charge on any atom is -0.508 e. The summed E-state index contributed by atoms with van der Waals surface area (Å²) in [4.78, 5) is 216. The van der Waals surface area contributed by atoms with Gasteiger partial charge in [0.1, 0.15) is 72.2 Å². The maximum atomic E-state index is 14.3. The van der Waals surface area contributed by atoms with E-state index in [0.29, 0.717) is 37.7 Å². The highest BCUT2D eigenvalue weighted by Crippen LogP contribution is 2.22. The molecule has 1 aromatic carbocycles. The molecular weight excluding hydrogens is 1390 g/mol. The van der Waals surface area contributed by atoms with E-state index in [1.165, 1.54) is 29.2 Å². The number of aliphatic carboxylic acids is 2. The molecule has 1 heterocycles. The van der Waals surface area contributed by atoms with Crippen LogP contribution in [0.2, 0.25) is 0 Å². The maximum absolute atomic E-state index is 14.3. The number of carbonyl (C=O) groups is 16. The molecule has 2 rings (SSSR count). The van der Waals surface area contributed by atoms with E-state index in [9.17, 15) is 92.0 Å². The van der Waals surface area contributed by atoms with E-state index in [4.69, 9.17) is 39.5 Å². The summed E-state index contributed by atoms with van der Waals surface area (Å²) in [6.07, 6.45) is -0.179. The van der Waals surface area contributed by atoms with Crippen molar-refractivity contribution in [3.8, 4) is 5.75 Å². The molecule has 27 N–H and O–H groups in total. The molecule has 1 aliphatic heterocycles. The Bertz CT molecular complexity index is 3120. The fourth-order valence-corrected chi connectivity index (χ4v) is 11.2. The molecule has 596 valence electrons. The van der Waals surface area contributed by atoms with Gasteiger partial charge in [-0.2, -0.15) is 0 Å². The monoisotopic (exact) mass is 1500 g/mol. The van der Waals surface area contributed by atoms with Gasteiger partial charge in [-0.25, -0.2) is 4.79 Å². The van der Waals surface area contributed by atoms with Crippen molar-refractivity contribution in [2.24, 2.45) is 52.2 Å². The number of likely N-dealkylation sites (tertiary alicyclic amines) is 1. The summed E-state index contributed by atoms with van der Waals surface area (Å²) in [5.74, 6) is -16.9. The molecule has 106 heavy (non-hydrogen) atoms. The fraction of sp³-hybridized carbons (Fsp3) is 0.676. The summed E-state index contributed by atoms with van der Waals surface area (Å²) >= 11 is 0. The van der Waals surface area contributed by atoms with E-state index in [1.807, 2.05) is 0 Å². The Hall–Kier alpha value is -9.66. The number of unbranched alkanes of at least 4 members (excludes halogenated alkanes) is 3. The first-order valence-electron chi connectivity index (χ1n) is 35.9. The second kappa shape index (κ2) is 48.4. The molecule has 0 radical (unpaired) electrons. The quantitative estimate of drug-likeness (QED) is 0.0271. The molecule has 0 spiro atoms. The number of carboxylic acids is 2. The minimum atomic E-state index is -1.75. The van der Waals surface area contributed by atoms with Crippen LogP contribution in [0.3, 0.4) is 0 Å². The summed E-state index contributed by atoms with van der Waals surface area (Å²) in [5, 5.41) is 66.8. The number of benzene rings is 1. The molecule has 0 saturated carbocycles. The molecule has 0 bridgehead atoms. The summed E-state index contributed by atoms with van der Waals surface area (Å²) in [5.41, 5.74) is 34.3. The van der Waals surface area contributed by atoms with Crippen LogP contribution in [-0.2, 0) is 83.1 Å². The van der Waals surface area contributed by atoms with Gasteiger partial charge in [0.2, 0.25) is 82.7 Å². The standard InChI is InChI=1S/C68H114N18O20/c1-36(2)32-47(63(100)79-43(15-8-11-29-70)59(96)80-46(24-26-52(74)90)61(98)82-48(68(105)106)33-39-18-20-40(88)21-19-39)81-60(97)45(23-25-51(73)89)76-53(91)34-75-58(95)42(14-7-10-28-69)78-64(101)49(35-87)83-66(103)55(37(3)4)84-65(102)50-17-13-31-86(50)67(104)56(38(5)6)85-62(99)44(16-9-12-30-71)77-57(94)41(72)22-27-54(92)93/h18-21,36-38,41-50,55-56,87-88H,7-17,22-35,69-72H2,1-6H3,(H2,73,89)(H2,74,90)(H,75,95)(H,76,91)(H,77,94)(H,78,101)(H,79,100)(H,80,96)(H,81,97)(H,82,98)(H,83,103)(H,84,102)(H,85,99)(H,92,93)(H,105,106)/t41-,42-,43-,44-,45-,46-,47-,48-,49-,50-,55-,56-/m0/s1. The van der Waals surface area contributed by atoms with E-state index < -0.39 is 224 Å². The lowest BCUT2D eigenvalue weighted by Crippen LogP contribution is -2.61. The number of nitrogens with one attached hydrogen (secondary N) is 11. The van der Waals surface area contributed by atoms with Crippen LogP contribution in [0.1, 0.15) is 163 Å². The number of phenols is 1. The maximum Gasteiger partial charge on any atom is 0.326 e. The number of nitrogens with two attached hydrogens (primary N) is 6. The van der Waals surface area contributed by atoms with Crippen molar-refractivity contribution in [1.29, 1.82) is 0 Å². The first-order chi connectivity index (χ1) is 50.0. The number of primary amides is 2. The number of aliphatic hydroxyl groups excluding tert-OH is 1. The third-order valence-corrected chi connectivity index (χ3v) is 17.3. The average molecular weight is 1500 g/mol. The minimum absolute atomic E-state index is 0.0769. The molecule has 12 atom stereocenters. The number of rotatable bonds is 52. The molecule has 0 aliphatic carbocycles. The van der Waals surface area contributed by atoms with Crippen molar-refractivity contribution in [1.82, 2.24) is 63.4 Å². The number of aliphatic hydroxyl groups is 1. The molecule has 38 heteroatoms. The van der Waals surface area contributed by atoms with Crippen LogP contribution in [0.4, 0.5) is 0 Å². The third-order valence-electron chi connectivity index (χ3n) is 17.3. The van der Waals surface area contributed by atoms with Gasteiger partial charge < -0.3 is 118 Å². The SMILES string of the molecule is CC(C)C[C@H](NC(=O)[C@H](CCC(N)=O)NC(=O)CNC(=O)[C@H](CCCCN)NC(=O)[C@H](CO)NC(=O)[C@@H](NC(=O)[C@@H]1CCCN1C(=O)[C@@H](NC(=O)[C@H](CCCCN)NC(=O)[C@@H](N)CCC(=O)O)C(C)C)C(C)C)C(=O)N[C@@H](CCCCN)C(=O)N[C@@H](CCC(N)=O)C(=O)N[C@@H](Cc1ccc(O)cc1)C(=O)O. The predicted molar refractivity (Wildman–Crippen MR) is 383 cm³/mol. The van der Waals surface area contributed by atoms with Gasteiger partial charge >= 0.3 is 11.9 Å². The van der Waals surface area contributed by atoms with Gasteiger partial charge in [0.25, 0.3) is 0 Å².